The van der Waals surface area contributed by atoms with E-state index in [0.717, 1.165) is 32.1 Å². The SMILES string of the molecule is [C-]#[N+]c1cc2c3c(c(C#N)cc4c3c1C(=O)N(c1c(C(C)C)cccc1C(C)C)C4=O)C(=O)N(c1c(C(C)C)cccc1C(C)C)C2=O. The van der Waals surface area contributed by atoms with Crippen LogP contribution >= 0.6 is 0 Å². The van der Waals surface area contributed by atoms with Crippen molar-refractivity contribution in [2.75, 3.05) is 9.80 Å². The molecule has 2 aliphatic rings. The summed E-state index contributed by atoms with van der Waals surface area (Å²) in [6.07, 6.45) is 0. The number of rotatable bonds is 6. The fraction of sp³-hybridized carbons (Fsp3) is 0.300. The Balaban J connectivity index is 1.71. The van der Waals surface area contributed by atoms with Crippen LogP contribution < -0.4 is 9.80 Å². The summed E-state index contributed by atoms with van der Waals surface area (Å²) >= 11 is 0. The highest BCUT2D eigenvalue weighted by Crippen LogP contribution is 2.48. The molecule has 4 amide bonds. The Kier molecular flexibility index (Phi) is 7.80. The molecule has 0 saturated heterocycles. The molecule has 48 heavy (non-hydrogen) atoms. The minimum atomic E-state index is -0.707. The fourth-order valence-electron chi connectivity index (χ4n) is 7.17. The minimum Gasteiger partial charge on any atom is -0.270 e. The van der Waals surface area contributed by atoms with Gasteiger partial charge in [0.25, 0.3) is 23.6 Å². The molecule has 240 valence electrons. The summed E-state index contributed by atoms with van der Waals surface area (Å²) in [5.41, 5.74) is 3.74. The molecule has 2 aliphatic heterocycles. The van der Waals surface area contributed by atoms with E-state index < -0.39 is 23.6 Å². The lowest BCUT2D eigenvalue weighted by Crippen LogP contribution is -2.45. The summed E-state index contributed by atoms with van der Waals surface area (Å²) in [7, 11) is 0. The summed E-state index contributed by atoms with van der Waals surface area (Å²) in [6.45, 7) is 23.9. The van der Waals surface area contributed by atoms with E-state index in [4.69, 9.17) is 6.57 Å². The topological polar surface area (TPSA) is 103 Å². The average Bonchev–Trinajstić information content (AvgIpc) is 3.05. The lowest BCUT2D eigenvalue weighted by Gasteiger charge is -2.36. The molecule has 0 bridgehead atoms. The Morgan fingerprint density at radius 3 is 1.35 bits per heavy atom. The van der Waals surface area contributed by atoms with Crippen LogP contribution in [0.5, 0.6) is 0 Å². The average molecular weight is 637 g/mol. The van der Waals surface area contributed by atoms with Crippen molar-refractivity contribution in [2.24, 2.45) is 0 Å². The standard InChI is InChI=1S/C40H36N4O4/c1-19(2)24-12-10-13-25(20(3)4)35(24)43-38(46)29-17-30(42-9)34-33-28(16-23(18-41)31(32(29)33)39(43)47)37(45)44(40(34)48)36-26(21(5)6)14-11-15-27(36)22(7)8/h10-17,19-22H,1-8H3. The lowest BCUT2D eigenvalue weighted by molar-refractivity contribution is 0.0872. The van der Waals surface area contributed by atoms with Gasteiger partial charge in [-0.05, 0) is 63.4 Å². The fourth-order valence-corrected chi connectivity index (χ4v) is 7.17. The predicted octanol–water partition coefficient (Wildman–Crippen LogP) is 9.36. The third-order valence-corrected chi connectivity index (χ3v) is 9.46. The van der Waals surface area contributed by atoms with E-state index in [0.29, 0.717) is 11.4 Å². The van der Waals surface area contributed by atoms with Gasteiger partial charge in [0.2, 0.25) is 5.69 Å². The molecule has 4 aromatic carbocycles. The van der Waals surface area contributed by atoms with Crippen LogP contribution in [-0.4, -0.2) is 23.6 Å². The molecule has 0 aliphatic carbocycles. The van der Waals surface area contributed by atoms with Gasteiger partial charge in [0, 0.05) is 16.5 Å². The van der Waals surface area contributed by atoms with Gasteiger partial charge in [0.1, 0.15) is 6.07 Å². The van der Waals surface area contributed by atoms with Crippen LogP contribution in [0.25, 0.3) is 15.6 Å². The van der Waals surface area contributed by atoms with Crippen LogP contribution in [0.3, 0.4) is 0 Å². The Hall–Kier alpha value is -5.60. The zero-order chi connectivity index (χ0) is 34.9. The highest BCUT2D eigenvalue weighted by Gasteiger charge is 2.45. The minimum absolute atomic E-state index is 0.000431. The number of carbonyl (C=O) groups excluding carboxylic acids is 4. The molecule has 0 saturated carbocycles. The van der Waals surface area contributed by atoms with Crippen LogP contribution in [0.15, 0.2) is 48.5 Å². The second-order valence-corrected chi connectivity index (χ2v) is 13.7. The van der Waals surface area contributed by atoms with Crippen LogP contribution in [0.2, 0.25) is 0 Å². The Bertz CT molecular complexity index is 2000. The molecule has 8 nitrogen and oxygen atoms in total. The van der Waals surface area contributed by atoms with Gasteiger partial charge in [-0.15, -0.1) is 0 Å². The van der Waals surface area contributed by atoms with Gasteiger partial charge in [-0.3, -0.25) is 19.2 Å². The van der Waals surface area contributed by atoms with Crippen LogP contribution in [-0.2, 0) is 0 Å². The highest BCUT2D eigenvalue weighted by molar-refractivity contribution is 6.44. The van der Waals surface area contributed by atoms with Crippen molar-refractivity contribution in [3.05, 3.63) is 110 Å². The molecule has 0 atom stereocenters. The largest absolute Gasteiger partial charge is 0.270 e. The van der Waals surface area contributed by atoms with E-state index in [1.807, 2.05) is 91.8 Å². The van der Waals surface area contributed by atoms with Gasteiger partial charge in [0.15, 0.2) is 0 Å². The maximum absolute atomic E-state index is 14.6. The summed E-state index contributed by atoms with van der Waals surface area (Å²) in [6, 6.07) is 16.1. The van der Waals surface area contributed by atoms with Gasteiger partial charge < -0.3 is 0 Å². The monoisotopic (exact) mass is 636 g/mol. The summed E-state index contributed by atoms with van der Waals surface area (Å²) < 4.78 is 0. The number of amides is 4. The quantitative estimate of drug-likeness (QED) is 0.155. The lowest BCUT2D eigenvalue weighted by atomic mass is 9.81. The number of hydrogen-bond acceptors (Lipinski definition) is 5. The number of para-hydroxylation sites is 2. The first-order valence-corrected chi connectivity index (χ1v) is 16.2. The van der Waals surface area contributed by atoms with Crippen LogP contribution in [0, 0.1) is 17.9 Å². The van der Waals surface area contributed by atoms with E-state index in [-0.39, 0.29) is 67.9 Å². The van der Waals surface area contributed by atoms with E-state index >= 15 is 0 Å². The number of hydrogen-bond donors (Lipinski definition) is 0. The van der Waals surface area contributed by atoms with E-state index in [1.54, 1.807) is 0 Å². The first-order valence-electron chi connectivity index (χ1n) is 16.2. The molecule has 0 unspecified atom stereocenters. The van der Waals surface area contributed by atoms with Crippen molar-refractivity contribution in [1.29, 1.82) is 5.26 Å². The predicted molar refractivity (Wildman–Crippen MR) is 186 cm³/mol. The number of benzene rings is 4. The summed E-state index contributed by atoms with van der Waals surface area (Å²) in [5, 5.41) is 10.6. The number of imide groups is 2. The second-order valence-electron chi connectivity index (χ2n) is 13.7. The number of anilines is 2. The van der Waals surface area contributed by atoms with E-state index in [2.05, 4.69) is 10.9 Å². The number of nitrogens with zero attached hydrogens (tertiary/aromatic N) is 4. The second kappa shape index (κ2) is 11.6. The molecule has 6 rings (SSSR count). The van der Waals surface area contributed by atoms with Gasteiger partial charge in [-0.25, -0.2) is 14.6 Å². The Morgan fingerprint density at radius 1 is 0.604 bits per heavy atom. The third kappa shape index (κ3) is 4.47. The van der Waals surface area contributed by atoms with Gasteiger partial charge in [-0.2, -0.15) is 5.26 Å². The maximum Gasteiger partial charge on any atom is 0.267 e. The highest BCUT2D eigenvalue weighted by atomic mass is 16.2. The van der Waals surface area contributed by atoms with E-state index in [1.165, 1.54) is 12.1 Å². The normalized spacial score (nSPS) is 14.2. The molecule has 0 aromatic heterocycles. The maximum atomic E-state index is 14.6. The molecule has 8 heteroatoms. The first kappa shape index (κ1) is 32.3. The zero-order valence-electron chi connectivity index (χ0n) is 28.4. The molecule has 0 spiro atoms. The number of carbonyl (C=O) groups is 4. The molecule has 2 heterocycles. The van der Waals surface area contributed by atoms with Gasteiger partial charge >= 0.3 is 0 Å². The number of nitriles is 1. The molecular formula is C40H36N4O4. The van der Waals surface area contributed by atoms with Crippen molar-refractivity contribution in [3.8, 4) is 6.07 Å². The Labute approximate surface area is 280 Å². The van der Waals surface area contributed by atoms with Crippen molar-refractivity contribution in [2.45, 2.75) is 79.1 Å². The smallest absolute Gasteiger partial charge is 0.267 e. The van der Waals surface area contributed by atoms with E-state index in [9.17, 15) is 24.4 Å². The van der Waals surface area contributed by atoms with Crippen molar-refractivity contribution < 1.29 is 19.2 Å². The van der Waals surface area contributed by atoms with Crippen molar-refractivity contribution in [1.82, 2.24) is 0 Å². The first-order chi connectivity index (χ1) is 22.8. The van der Waals surface area contributed by atoms with Crippen molar-refractivity contribution >= 4 is 51.5 Å². The van der Waals surface area contributed by atoms with Gasteiger partial charge in [0.05, 0.1) is 34.6 Å². The van der Waals surface area contributed by atoms with Gasteiger partial charge in [-0.1, -0.05) is 91.8 Å². The Morgan fingerprint density at radius 2 is 0.979 bits per heavy atom. The summed E-state index contributed by atoms with van der Waals surface area (Å²) in [4.78, 5) is 64.4. The molecule has 0 fully saturated rings. The third-order valence-electron chi connectivity index (χ3n) is 9.46. The molecule has 0 N–H and O–H groups in total. The molecule has 0 radical (unpaired) electrons. The molecule has 4 aromatic rings. The van der Waals surface area contributed by atoms with Crippen molar-refractivity contribution in [3.63, 3.8) is 0 Å². The molecular weight excluding hydrogens is 600 g/mol. The summed E-state index contributed by atoms with van der Waals surface area (Å²) in [5.74, 6) is -2.94. The zero-order valence-corrected chi connectivity index (χ0v) is 28.4. The van der Waals surface area contributed by atoms with Crippen LogP contribution in [0.1, 0.15) is 148 Å². The van der Waals surface area contributed by atoms with Crippen LogP contribution in [0.4, 0.5) is 17.1 Å².